The lowest BCUT2D eigenvalue weighted by Crippen LogP contribution is -2.12. The quantitative estimate of drug-likeness (QED) is 0.588. The van der Waals surface area contributed by atoms with Crippen molar-refractivity contribution in [3.05, 3.63) is 72.1 Å². The van der Waals surface area contributed by atoms with Gasteiger partial charge in [-0.3, -0.25) is 9.40 Å². The largest absolute Gasteiger partial charge is 0.497 e. The summed E-state index contributed by atoms with van der Waals surface area (Å²) in [5, 5.41) is 4.24. The van der Waals surface area contributed by atoms with Crippen LogP contribution >= 0.6 is 0 Å². The van der Waals surface area contributed by atoms with E-state index in [1.54, 1.807) is 30.1 Å². The zero-order chi connectivity index (χ0) is 20.0. The van der Waals surface area contributed by atoms with Crippen LogP contribution in [0.15, 0.2) is 65.8 Å². The summed E-state index contributed by atoms with van der Waals surface area (Å²) in [4.78, 5) is 0.244. The van der Waals surface area contributed by atoms with Gasteiger partial charge in [-0.1, -0.05) is 37.6 Å². The van der Waals surface area contributed by atoms with Crippen LogP contribution in [0.2, 0.25) is 0 Å². The predicted molar refractivity (Wildman–Crippen MR) is 110 cm³/mol. The third-order valence-electron chi connectivity index (χ3n) is 4.42. The molecule has 0 saturated carbocycles. The number of hydrogen-bond donors (Lipinski definition) is 1. The van der Waals surface area contributed by atoms with E-state index >= 15 is 0 Å². The number of aromatic nitrogens is 2. The molecule has 1 N–H and O–H groups in total. The van der Waals surface area contributed by atoms with Crippen molar-refractivity contribution in [2.24, 2.45) is 0 Å². The molecule has 0 amide bonds. The predicted octanol–water partition coefficient (Wildman–Crippen LogP) is 4.08. The maximum Gasteiger partial charge on any atom is 0.261 e. The van der Waals surface area contributed by atoms with Crippen molar-refractivity contribution in [1.82, 2.24) is 9.78 Å². The van der Waals surface area contributed by atoms with Gasteiger partial charge >= 0.3 is 0 Å². The highest BCUT2D eigenvalue weighted by atomic mass is 32.2. The highest BCUT2D eigenvalue weighted by Crippen LogP contribution is 2.18. The van der Waals surface area contributed by atoms with Crippen LogP contribution in [0.5, 0.6) is 5.75 Å². The van der Waals surface area contributed by atoms with E-state index in [9.17, 15) is 8.42 Å². The van der Waals surface area contributed by atoms with Crippen molar-refractivity contribution in [3.8, 4) is 5.75 Å². The van der Waals surface area contributed by atoms with Crippen molar-refractivity contribution in [2.45, 2.75) is 37.6 Å². The minimum atomic E-state index is -3.64. The number of nitrogens with one attached hydrogen (secondary N) is 1. The number of nitrogens with zero attached hydrogens (tertiary/aromatic N) is 2. The zero-order valence-electron chi connectivity index (χ0n) is 16.1. The molecule has 0 radical (unpaired) electrons. The van der Waals surface area contributed by atoms with Crippen LogP contribution in [-0.2, 0) is 23.0 Å². The molecule has 0 fully saturated rings. The molecule has 3 rings (SSSR count). The van der Waals surface area contributed by atoms with Gasteiger partial charge in [0.25, 0.3) is 10.0 Å². The summed E-state index contributed by atoms with van der Waals surface area (Å²) < 4.78 is 34.7. The van der Waals surface area contributed by atoms with Gasteiger partial charge in [-0.25, -0.2) is 8.42 Å². The van der Waals surface area contributed by atoms with E-state index < -0.39 is 10.0 Å². The van der Waals surface area contributed by atoms with Crippen LogP contribution in [0.4, 0.5) is 5.69 Å². The van der Waals surface area contributed by atoms with Crippen molar-refractivity contribution in [3.63, 3.8) is 0 Å². The summed E-state index contributed by atoms with van der Waals surface area (Å²) in [5.74, 6) is 0.771. The van der Waals surface area contributed by atoms with Crippen LogP contribution in [0, 0.1) is 0 Å². The van der Waals surface area contributed by atoms with Gasteiger partial charge < -0.3 is 4.74 Å². The second-order valence-electron chi connectivity index (χ2n) is 6.63. The molecule has 2 aromatic carbocycles. The van der Waals surface area contributed by atoms with Crippen LogP contribution in [0.3, 0.4) is 0 Å². The number of ether oxygens (including phenoxy) is 1. The molecule has 0 aliphatic carbocycles. The normalized spacial score (nSPS) is 11.4. The van der Waals surface area contributed by atoms with E-state index in [1.165, 1.54) is 6.20 Å². The van der Waals surface area contributed by atoms with Crippen molar-refractivity contribution in [2.75, 3.05) is 11.8 Å². The summed E-state index contributed by atoms with van der Waals surface area (Å²) in [6.45, 7) is 2.66. The fraction of sp³-hybridized carbons (Fsp3) is 0.286. The molecule has 0 bridgehead atoms. The lowest BCUT2D eigenvalue weighted by molar-refractivity contribution is 0.414. The van der Waals surface area contributed by atoms with Gasteiger partial charge in [0, 0.05) is 6.20 Å². The molecule has 0 spiro atoms. The molecule has 0 unspecified atom stereocenters. The Balaban J connectivity index is 1.67. The SMILES string of the molecule is CCCCc1ccc(S(=O)(=O)Nc2cnn(Cc3cccc(OC)c3)c2)cc1. The maximum absolute atomic E-state index is 12.6. The third kappa shape index (κ3) is 5.13. The summed E-state index contributed by atoms with van der Waals surface area (Å²) in [6.07, 6.45) is 6.35. The maximum atomic E-state index is 12.6. The molecule has 0 aliphatic rings. The summed E-state index contributed by atoms with van der Waals surface area (Å²) in [6, 6.07) is 14.7. The Morgan fingerprint density at radius 2 is 1.89 bits per heavy atom. The van der Waals surface area contributed by atoms with Gasteiger partial charge in [0.2, 0.25) is 0 Å². The molecule has 1 heterocycles. The van der Waals surface area contributed by atoms with Crippen molar-refractivity contribution >= 4 is 15.7 Å². The topological polar surface area (TPSA) is 73.2 Å². The van der Waals surface area contributed by atoms with Crippen molar-refractivity contribution in [1.29, 1.82) is 0 Å². The third-order valence-corrected chi connectivity index (χ3v) is 5.81. The Morgan fingerprint density at radius 1 is 1.11 bits per heavy atom. The number of sulfonamides is 1. The minimum absolute atomic E-state index is 0.244. The first kappa shape index (κ1) is 19.9. The number of anilines is 1. The fourth-order valence-electron chi connectivity index (χ4n) is 2.89. The molecular formula is C21H25N3O3S. The fourth-order valence-corrected chi connectivity index (χ4v) is 3.92. The summed E-state index contributed by atoms with van der Waals surface area (Å²) in [5.41, 5.74) is 2.59. The standard InChI is InChI=1S/C21H25N3O3S/c1-3-4-6-17-9-11-21(12-10-17)28(25,26)23-19-14-22-24(16-19)15-18-7-5-8-20(13-18)27-2/h5,7-14,16,23H,3-4,6,15H2,1-2H3. The zero-order valence-corrected chi connectivity index (χ0v) is 16.9. The number of benzene rings is 2. The Morgan fingerprint density at radius 3 is 2.61 bits per heavy atom. The minimum Gasteiger partial charge on any atom is -0.497 e. The number of hydrogen-bond acceptors (Lipinski definition) is 4. The second kappa shape index (κ2) is 8.93. The smallest absolute Gasteiger partial charge is 0.261 e. The molecular weight excluding hydrogens is 374 g/mol. The average Bonchev–Trinajstić information content (AvgIpc) is 3.12. The summed E-state index contributed by atoms with van der Waals surface area (Å²) >= 11 is 0. The first-order chi connectivity index (χ1) is 13.5. The Kier molecular flexibility index (Phi) is 6.36. The van der Waals surface area contributed by atoms with E-state index in [-0.39, 0.29) is 4.90 Å². The molecule has 1 aromatic heterocycles. The Hall–Kier alpha value is -2.80. The van der Waals surface area contributed by atoms with E-state index in [2.05, 4.69) is 16.7 Å². The average molecular weight is 400 g/mol. The van der Waals surface area contributed by atoms with Crippen LogP contribution in [0.1, 0.15) is 30.9 Å². The number of aryl methyl sites for hydroxylation is 1. The highest BCUT2D eigenvalue weighted by Gasteiger charge is 2.15. The van der Waals surface area contributed by atoms with Crippen LogP contribution in [0.25, 0.3) is 0 Å². The highest BCUT2D eigenvalue weighted by molar-refractivity contribution is 7.92. The van der Waals surface area contributed by atoms with Crippen molar-refractivity contribution < 1.29 is 13.2 Å². The monoisotopic (exact) mass is 399 g/mol. The van der Waals surface area contributed by atoms with Gasteiger partial charge in [0.05, 0.1) is 30.4 Å². The lowest BCUT2D eigenvalue weighted by atomic mass is 10.1. The van der Waals surface area contributed by atoms with E-state index in [0.29, 0.717) is 12.2 Å². The summed E-state index contributed by atoms with van der Waals surface area (Å²) in [7, 11) is -2.02. The molecule has 28 heavy (non-hydrogen) atoms. The first-order valence-corrected chi connectivity index (χ1v) is 10.8. The molecule has 0 aliphatic heterocycles. The Bertz CT molecular complexity index is 1010. The van der Waals surface area contributed by atoms with Gasteiger partial charge in [-0.15, -0.1) is 0 Å². The molecule has 3 aromatic rings. The lowest BCUT2D eigenvalue weighted by Gasteiger charge is -2.07. The second-order valence-corrected chi connectivity index (χ2v) is 8.31. The number of unbranched alkanes of at least 4 members (excludes halogenated alkanes) is 1. The van der Waals surface area contributed by atoms with E-state index in [1.807, 2.05) is 36.4 Å². The molecule has 148 valence electrons. The first-order valence-electron chi connectivity index (χ1n) is 9.27. The molecule has 0 saturated heterocycles. The van der Waals surface area contributed by atoms with Crippen LogP contribution < -0.4 is 9.46 Å². The molecule has 0 atom stereocenters. The Labute approximate surface area is 166 Å². The van der Waals surface area contributed by atoms with Gasteiger partial charge in [-0.05, 0) is 48.2 Å². The van der Waals surface area contributed by atoms with Crippen LogP contribution in [-0.4, -0.2) is 25.3 Å². The molecule has 6 nitrogen and oxygen atoms in total. The van der Waals surface area contributed by atoms with Gasteiger partial charge in [0.15, 0.2) is 0 Å². The number of methoxy groups -OCH3 is 1. The van der Waals surface area contributed by atoms with E-state index in [0.717, 1.165) is 36.1 Å². The van der Waals surface area contributed by atoms with E-state index in [4.69, 9.17) is 4.74 Å². The number of rotatable bonds is 9. The van der Waals surface area contributed by atoms with Gasteiger partial charge in [0.1, 0.15) is 5.75 Å². The molecule has 7 heteroatoms. The van der Waals surface area contributed by atoms with Gasteiger partial charge in [-0.2, -0.15) is 5.10 Å².